The van der Waals surface area contributed by atoms with Gasteiger partial charge >= 0.3 is 0 Å². The first-order valence-corrected chi connectivity index (χ1v) is 7.07. The Labute approximate surface area is 128 Å². The first-order chi connectivity index (χ1) is 9.65. The molecule has 2 aromatic heterocycles. The van der Waals surface area contributed by atoms with Gasteiger partial charge < -0.3 is 5.73 Å². The van der Waals surface area contributed by atoms with E-state index in [1.807, 2.05) is 12.1 Å². The maximum absolute atomic E-state index is 6.34. The number of benzene rings is 1. The molecule has 0 atom stereocenters. The van der Waals surface area contributed by atoms with E-state index in [4.69, 9.17) is 28.9 Å². The number of fused-ring (bicyclic) bond motifs is 1. The van der Waals surface area contributed by atoms with Gasteiger partial charge in [-0.1, -0.05) is 35.0 Å². The Morgan fingerprint density at radius 2 is 1.85 bits per heavy atom. The maximum atomic E-state index is 6.34. The zero-order chi connectivity index (χ0) is 14.1. The van der Waals surface area contributed by atoms with E-state index in [1.54, 1.807) is 12.4 Å². The fourth-order valence-corrected chi connectivity index (χ4v) is 2.87. The van der Waals surface area contributed by atoms with E-state index in [9.17, 15) is 0 Å². The summed E-state index contributed by atoms with van der Waals surface area (Å²) in [6.07, 6.45) is 4.66. The minimum absolute atomic E-state index is 0.252. The molecule has 0 saturated heterocycles. The van der Waals surface area contributed by atoms with Crippen LogP contribution in [0, 0.1) is 0 Å². The van der Waals surface area contributed by atoms with E-state index < -0.39 is 0 Å². The molecule has 1 aromatic carbocycles. The number of aromatic nitrogens is 4. The predicted molar refractivity (Wildman–Crippen MR) is 80.1 cm³/mol. The molecule has 0 radical (unpaired) electrons. The smallest absolute Gasteiger partial charge is 0.158 e. The van der Waals surface area contributed by atoms with Gasteiger partial charge in [0.15, 0.2) is 5.82 Å². The van der Waals surface area contributed by atoms with Crippen LogP contribution in [0.1, 0.15) is 0 Å². The van der Waals surface area contributed by atoms with E-state index in [-0.39, 0.29) is 11.0 Å². The highest BCUT2D eigenvalue weighted by molar-refractivity contribution is 7.99. The molecule has 0 spiro atoms. The summed E-state index contributed by atoms with van der Waals surface area (Å²) in [5, 5.41) is 1.30. The van der Waals surface area contributed by atoms with Crippen LogP contribution in [0.4, 0.5) is 5.82 Å². The van der Waals surface area contributed by atoms with Crippen LogP contribution < -0.4 is 5.73 Å². The van der Waals surface area contributed by atoms with Crippen LogP contribution in [0.25, 0.3) is 11.0 Å². The minimum atomic E-state index is 0.252. The summed E-state index contributed by atoms with van der Waals surface area (Å²) in [6.45, 7) is 0. The molecule has 0 aliphatic carbocycles. The van der Waals surface area contributed by atoms with Crippen molar-refractivity contribution >= 4 is 51.8 Å². The van der Waals surface area contributed by atoms with E-state index in [0.29, 0.717) is 15.6 Å². The molecule has 0 unspecified atom stereocenters. The molecule has 3 aromatic rings. The number of halogens is 2. The van der Waals surface area contributed by atoms with Gasteiger partial charge in [0.25, 0.3) is 0 Å². The molecule has 2 N–H and O–H groups in total. The Bertz CT molecular complexity index is 796. The standard InChI is InChI=1S/C12H7Cl2N5S/c13-8-5-18-12(11(15)19-8)20-7-2-1-6-10(9(7)14)17-4-3-16-6/h1-5H,(H2,15,19). The molecule has 0 amide bonds. The van der Waals surface area contributed by atoms with Crippen LogP contribution in [0.2, 0.25) is 10.2 Å². The van der Waals surface area contributed by atoms with Crippen LogP contribution in [0.5, 0.6) is 0 Å². The largest absolute Gasteiger partial charge is 0.381 e. The minimum Gasteiger partial charge on any atom is -0.381 e. The molecular formula is C12H7Cl2N5S. The molecule has 3 rings (SSSR count). The summed E-state index contributed by atoms with van der Waals surface area (Å²) in [4.78, 5) is 17.3. The van der Waals surface area contributed by atoms with E-state index >= 15 is 0 Å². The third-order valence-electron chi connectivity index (χ3n) is 2.48. The second-order valence-corrected chi connectivity index (χ2v) is 5.58. The van der Waals surface area contributed by atoms with Crippen molar-refractivity contribution in [2.24, 2.45) is 0 Å². The molecular weight excluding hydrogens is 317 g/mol. The zero-order valence-electron chi connectivity index (χ0n) is 9.92. The Hall–Kier alpha value is -1.63. The van der Waals surface area contributed by atoms with Gasteiger partial charge in [0.05, 0.1) is 16.7 Å². The number of hydrogen-bond donors (Lipinski definition) is 1. The topological polar surface area (TPSA) is 77.6 Å². The molecule has 0 bridgehead atoms. The number of nitrogen functional groups attached to an aromatic ring is 1. The number of hydrogen-bond acceptors (Lipinski definition) is 6. The highest BCUT2D eigenvalue weighted by Crippen LogP contribution is 2.37. The molecule has 0 aliphatic heterocycles. The second-order valence-electron chi connectivity index (χ2n) is 3.79. The molecule has 5 nitrogen and oxygen atoms in total. The van der Waals surface area contributed by atoms with Gasteiger partial charge in [-0.15, -0.1) is 0 Å². The Morgan fingerprint density at radius 1 is 1.05 bits per heavy atom. The number of anilines is 1. The Morgan fingerprint density at radius 3 is 2.65 bits per heavy atom. The monoisotopic (exact) mass is 323 g/mol. The van der Waals surface area contributed by atoms with Crippen LogP contribution in [-0.2, 0) is 0 Å². The van der Waals surface area contributed by atoms with Gasteiger partial charge in [0.1, 0.15) is 15.7 Å². The molecule has 2 heterocycles. The summed E-state index contributed by atoms with van der Waals surface area (Å²) < 4.78 is 0. The highest BCUT2D eigenvalue weighted by Gasteiger charge is 2.12. The van der Waals surface area contributed by atoms with Gasteiger partial charge in [0.2, 0.25) is 0 Å². The van der Waals surface area contributed by atoms with Crippen LogP contribution in [0.15, 0.2) is 40.6 Å². The lowest BCUT2D eigenvalue weighted by Crippen LogP contribution is -1.96. The molecule has 8 heteroatoms. The maximum Gasteiger partial charge on any atom is 0.158 e. The number of nitrogens with zero attached hydrogens (tertiary/aromatic N) is 4. The van der Waals surface area contributed by atoms with Crippen molar-refractivity contribution in [1.82, 2.24) is 19.9 Å². The molecule has 0 fully saturated rings. The van der Waals surface area contributed by atoms with E-state index in [0.717, 1.165) is 10.4 Å². The van der Waals surface area contributed by atoms with Gasteiger partial charge in [-0.25, -0.2) is 9.97 Å². The predicted octanol–water partition coefficient (Wildman–Crippen LogP) is 3.46. The van der Waals surface area contributed by atoms with Gasteiger partial charge in [-0.2, -0.15) is 0 Å². The highest BCUT2D eigenvalue weighted by atomic mass is 35.5. The van der Waals surface area contributed by atoms with Crippen molar-refractivity contribution < 1.29 is 0 Å². The third-order valence-corrected chi connectivity index (χ3v) is 4.23. The van der Waals surface area contributed by atoms with E-state index in [1.165, 1.54) is 18.0 Å². The lowest BCUT2D eigenvalue weighted by Gasteiger charge is -2.07. The molecule has 100 valence electrons. The molecule has 0 aliphatic rings. The first-order valence-electron chi connectivity index (χ1n) is 5.50. The van der Waals surface area contributed by atoms with Crippen LogP contribution >= 0.6 is 35.0 Å². The Kier molecular flexibility index (Phi) is 3.60. The van der Waals surface area contributed by atoms with E-state index in [2.05, 4.69) is 19.9 Å². The summed E-state index contributed by atoms with van der Waals surface area (Å²) in [5.41, 5.74) is 7.15. The second kappa shape index (κ2) is 5.40. The van der Waals surface area contributed by atoms with Crippen LogP contribution in [0.3, 0.4) is 0 Å². The molecule has 0 saturated carbocycles. The fourth-order valence-electron chi connectivity index (χ4n) is 1.62. The van der Waals surface area contributed by atoms with Gasteiger partial charge in [-0.3, -0.25) is 9.97 Å². The summed E-state index contributed by atoms with van der Waals surface area (Å²) in [7, 11) is 0. The van der Waals surface area contributed by atoms with Crippen molar-refractivity contribution in [3.8, 4) is 0 Å². The summed E-state index contributed by atoms with van der Waals surface area (Å²) in [6, 6.07) is 3.69. The number of nitrogens with two attached hydrogens (primary N) is 1. The first kappa shape index (κ1) is 13.4. The average molecular weight is 324 g/mol. The van der Waals surface area contributed by atoms with Gasteiger partial charge in [0, 0.05) is 17.3 Å². The lowest BCUT2D eigenvalue weighted by atomic mass is 10.3. The van der Waals surface area contributed by atoms with Crippen molar-refractivity contribution in [2.75, 3.05) is 5.73 Å². The van der Waals surface area contributed by atoms with Crippen molar-refractivity contribution in [1.29, 1.82) is 0 Å². The third kappa shape index (κ3) is 2.49. The van der Waals surface area contributed by atoms with Gasteiger partial charge in [-0.05, 0) is 12.1 Å². The quantitative estimate of drug-likeness (QED) is 0.778. The summed E-state index contributed by atoms with van der Waals surface area (Å²) in [5.74, 6) is 0.262. The lowest BCUT2D eigenvalue weighted by molar-refractivity contribution is 1.07. The SMILES string of the molecule is Nc1nc(Cl)cnc1Sc1ccc2nccnc2c1Cl. The van der Waals surface area contributed by atoms with Crippen molar-refractivity contribution in [2.45, 2.75) is 9.92 Å². The zero-order valence-corrected chi connectivity index (χ0v) is 12.2. The van der Waals surface area contributed by atoms with Crippen molar-refractivity contribution in [3.05, 3.63) is 40.9 Å². The normalized spacial score (nSPS) is 10.9. The number of rotatable bonds is 2. The molecule has 20 heavy (non-hydrogen) atoms. The average Bonchev–Trinajstić information content (AvgIpc) is 2.45. The fraction of sp³-hybridized carbons (Fsp3) is 0. The van der Waals surface area contributed by atoms with Crippen molar-refractivity contribution in [3.63, 3.8) is 0 Å². The Balaban J connectivity index is 2.04. The summed E-state index contributed by atoms with van der Waals surface area (Å²) >= 11 is 13.4. The van der Waals surface area contributed by atoms with Crippen LogP contribution in [-0.4, -0.2) is 19.9 Å².